The SMILES string of the molecule is Clc1ccc(Br)cc1-c1nc2cc(N=Cc3ccc(Br)cc3)ccc2o1. The van der Waals surface area contributed by atoms with E-state index in [4.69, 9.17) is 16.0 Å². The number of hydrogen-bond donors (Lipinski definition) is 0. The molecule has 4 aromatic rings. The van der Waals surface area contributed by atoms with E-state index in [9.17, 15) is 0 Å². The van der Waals surface area contributed by atoms with E-state index in [0.717, 1.165) is 31.3 Å². The van der Waals surface area contributed by atoms with E-state index in [2.05, 4.69) is 41.8 Å². The van der Waals surface area contributed by atoms with Gasteiger partial charge in [0.1, 0.15) is 5.52 Å². The molecule has 3 aromatic carbocycles. The van der Waals surface area contributed by atoms with E-state index in [-0.39, 0.29) is 0 Å². The summed E-state index contributed by atoms with van der Waals surface area (Å²) < 4.78 is 7.80. The van der Waals surface area contributed by atoms with Crippen LogP contribution in [0.15, 0.2) is 79.0 Å². The Morgan fingerprint density at radius 2 is 1.69 bits per heavy atom. The third-order valence-electron chi connectivity index (χ3n) is 3.76. The Morgan fingerprint density at radius 3 is 2.50 bits per heavy atom. The standard InChI is InChI=1S/C20H11Br2ClN2O/c21-13-3-1-12(2-4-13)11-24-15-6-8-19-18(10-15)25-20(26-19)16-9-14(22)5-7-17(16)23/h1-11H. The largest absolute Gasteiger partial charge is 0.436 e. The van der Waals surface area contributed by atoms with Gasteiger partial charge in [0, 0.05) is 15.2 Å². The van der Waals surface area contributed by atoms with Crippen molar-refractivity contribution >= 4 is 66.5 Å². The highest BCUT2D eigenvalue weighted by Gasteiger charge is 2.12. The molecule has 26 heavy (non-hydrogen) atoms. The summed E-state index contributed by atoms with van der Waals surface area (Å²) in [7, 11) is 0. The summed E-state index contributed by atoms with van der Waals surface area (Å²) in [4.78, 5) is 9.07. The third kappa shape index (κ3) is 3.75. The number of oxazole rings is 1. The molecular weight excluding hydrogens is 479 g/mol. The molecule has 128 valence electrons. The van der Waals surface area contributed by atoms with Gasteiger partial charge in [-0.15, -0.1) is 0 Å². The molecule has 0 spiro atoms. The molecule has 6 heteroatoms. The fraction of sp³-hybridized carbons (Fsp3) is 0. The average molecular weight is 491 g/mol. The molecule has 0 amide bonds. The second-order valence-electron chi connectivity index (χ2n) is 5.60. The van der Waals surface area contributed by atoms with Gasteiger partial charge in [-0.1, -0.05) is 55.6 Å². The van der Waals surface area contributed by atoms with Crippen LogP contribution in [0.1, 0.15) is 5.56 Å². The van der Waals surface area contributed by atoms with Crippen LogP contribution in [0, 0.1) is 0 Å². The molecule has 3 nitrogen and oxygen atoms in total. The zero-order valence-electron chi connectivity index (χ0n) is 13.3. The van der Waals surface area contributed by atoms with Gasteiger partial charge in [0.25, 0.3) is 0 Å². The van der Waals surface area contributed by atoms with E-state index in [0.29, 0.717) is 16.5 Å². The average Bonchev–Trinajstić information content (AvgIpc) is 3.06. The number of hydrogen-bond acceptors (Lipinski definition) is 3. The van der Waals surface area contributed by atoms with Gasteiger partial charge in [-0.3, -0.25) is 4.99 Å². The van der Waals surface area contributed by atoms with Crippen LogP contribution in [-0.4, -0.2) is 11.2 Å². The van der Waals surface area contributed by atoms with Gasteiger partial charge >= 0.3 is 0 Å². The quantitative estimate of drug-likeness (QED) is 0.280. The van der Waals surface area contributed by atoms with Crippen LogP contribution in [-0.2, 0) is 0 Å². The van der Waals surface area contributed by atoms with Crippen LogP contribution in [0.4, 0.5) is 5.69 Å². The molecule has 4 rings (SSSR count). The fourth-order valence-corrected chi connectivity index (χ4v) is 3.29. The van der Waals surface area contributed by atoms with Crippen molar-refractivity contribution in [2.45, 2.75) is 0 Å². The van der Waals surface area contributed by atoms with Crippen molar-refractivity contribution in [1.82, 2.24) is 4.98 Å². The smallest absolute Gasteiger partial charge is 0.228 e. The highest BCUT2D eigenvalue weighted by atomic mass is 79.9. The molecule has 0 N–H and O–H groups in total. The normalized spacial score (nSPS) is 11.5. The summed E-state index contributed by atoms with van der Waals surface area (Å²) in [6.07, 6.45) is 1.82. The number of halogens is 3. The van der Waals surface area contributed by atoms with Gasteiger partial charge in [0.05, 0.1) is 16.3 Å². The summed E-state index contributed by atoms with van der Waals surface area (Å²) in [5.74, 6) is 0.486. The van der Waals surface area contributed by atoms with Crippen molar-refractivity contribution in [2.75, 3.05) is 0 Å². The van der Waals surface area contributed by atoms with Gasteiger partial charge in [0.2, 0.25) is 5.89 Å². The number of aliphatic imine (C=N–C) groups is 1. The first kappa shape index (κ1) is 17.5. The van der Waals surface area contributed by atoms with Crippen LogP contribution in [0.2, 0.25) is 5.02 Å². The number of aromatic nitrogens is 1. The van der Waals surface area contributed by atoms with E-state index in [1.54, 1.807) is 0 Å². The molecule has 0 fully saturated rings. The Bertz CT molecular complexity index is 1120. The third-order valence-corrected chi connectivity index (χ3v) is 5.11. The Morgan fingerprint density at radius 1 is 0.923 bits per heavy atom. The highest BCUT2D eigenvalue weighted by Crippen LogP contribution is 2.33. The summed E-state index contributed by atoms with van der Waals surface area (Å²) >= 11 is 13.1. The van der Waals surface area contributed by atoms with Crippen LogP contribution >= 0.6 is 43.5 Å². The first-order chi connectivity index (χ1) is 12.6. The molecule has 0 atom stereocenters. The highest BCUT2D eigenvalue weighted by molar-refractivity contribution is 9.10. The van der Waals surface area contributed by atoms with E-state index in [1.165, 1.54) is 0 Å². The maximum absolute atomic E-state index is 6.27. The Hall–Kier alpha value is -1.95. The summed E-state index contributed by atoms with van der Waals surface area (Å²) in [5.41, 5.74) is 4.01. The number of fused-ring (bicyclic) bond motifs is 1. The van der Waals surface area contributed by atoms with Crippen LogP contribution in [0.5, 0.6) is 0 Å². The molecular formula is C20H11Br2ClN2O. The van der Waals surface area contributed by atoms with E-state index < -0.39 is 0 Å². The summed E-state index contributed by atoms with van der Waals surface area (Å²) in [6.45, 7) is 0. The fourth-order valence-electron chi connectivity index (χ4n) is 2.47. The zero-order chi connectivity index (χ0) is 18.1. The minimum absolute atomic E-state index is 0.486. The van der Waals surface area contributed by atoms with Crippen LogP contribution < -0.4 is 0 Å². The second kappa shape index (κ2) is 7.35. The van der Waals surface area contributed by atoms with Gasteiger partial charge in [-0.05, 0) is 54.1 Å². The van der Waals surface area contributed by atoms with Gasteiger partial charge in [-0.2, -0.15) is 0 Å². The first-order valence-electron chi connectivity index (χ1n) is 7.74. The molecule has 0 saturated heterocycles. The van der Waals surface area contributed by atoms with Crippen molar-refractivity contribution in [1.29, 1.82) is 0 Å². The summed E-state index contributed by atoms with van der Waals surface area (Å²) in [5, 5.41) is 0.591. The topological polar surface area (TPSA) is 38.4 Å². The minimum Gasteiger partial charge on any atom is -0.436 e. The van der Waals surface area contributed by atoms with Crippen molar-refractivity contribution in [3.63, 3.8) is 0 Å². The molecule has 0 saturated carbocycles. The Kier molecular flexibility index (Phi) is 4.94. The van der Waals surface area contributed by atoms with Gasteiger partial charge in [0.15, 0.2) is 5.58 Å². The first-order valence-corrected chi connectivity index (χ1v) is 9.70. The molecule has 0 unspecified atom stereocenters. The van der Waals surface area contributed by atoms with Crippen molar-refractivity contribution in [3.8, 4) is 11.5 Å². The minimum atomic E-state index is 0.486. The van der Waals surface area contributed by atoms with Gasteiger partial charge < -0.3 is 4.42 Å². The lowest BCUT2D eigenvalue weighted by Crippen LogP contribution is -1.80. The van der Waals surface area contributed by atoms with Crippen molar-refractivity contribution in [3.05, 3.63) is 80.2 Å². The van der Waals surface area contributed by atoms with Crippen LogP contribution in [0.25, 0.3) is 22.6 Å². The molecule has 1 heterocycles. The van der Waals surface area contributed by atoms with Crippen molar-refractivity contribution < 1.29 is 4.42 Å². The van der Waals surface area contributed by atoms with Crippen LogP contribution in [0.3, 0.4) is 0 Å². The maximum Gasteiger partial charge on any atom is 0.228 e. The molecule has 0 aliphatic rings. The zero-order valence-corrected chi connectivity index (χ0v) is 17.2. The molecule has 1 aromatic heterocycles. The van der Waals surface area contributed by atoms with E-state index >= 15 is 0 Å². The number of rotatable bonds is 3. The molecule has 0 radical (unpaired) electrons. The second-order valence-corrected chi connectivity index (χ2v) is 7.84. The van der Waals surface area contributed by atoms with Gasteiger partial charge in [-0.25, -0.2) is 4.98 Å². The molecule has 0 bridgehead atoms. The molecule has 0 aliphatic heterocycles. The predicted molar refractivity (Wildman–Crippen MR) is 114 cm³/mol. The predicted octanol–water partition coefficient (Wildman–Crippen LogP) is 7.42. The Labute approximate surface area is 172 Å². The lowest BCUT2D eigenvalue weighted by atomic mass is 10.2. The lowest BCUT2D eigenvalue weighted by molar-refractivity contribution is 0.620. The van der Waals surface area contributed by atoms with E-state index in [1.807, 2.05) is 66.9 Å². The lowest BCUT2D eigenvalue weighted by Gasteiger charge is -1.99. The Balaban J connectivity index is 1.67. The maximum atomic E-state index is 6.27. The number of benzene rings is 3. The number of nitrogens with zero attached hydrogens (tertiary/aromatic N) is 2. The molecule has 0 aliphatic carbocycles. The van der Waals surface area contributed by atoms with Crippen molar-refractivity contribution in [2.24, 2.45) is 4.99 Å². The monoisotopic (exact) mass is 488 g/mol. The summed E-state index contributed by atoms with van der Waals surface area (Å²) in [6, 6.07) is 19.2.